The molecule has 0 atom stereocenters. The van der Waals surface area contributed by atoms with E-state index in [1.165, 1.54) is 60.7 Å². The Balaban J connectivity index is 1.41. The minimum absolute atomic E-state index is 0.00384. The summed E-state index contributed by atoms with van der Waals surface area (Å²) in [6, 6.07) is 16.2. The lowest BCUT2D eigenvalue weighted by atomic mass is 10.0. The smallest absolute Gasteiger partial charge is 0.426 e. The van der Waals surface area contributed by atoms with Gasteiger partial charge >= 0.3 is 47.4 Å². The molecule has 0 radical (unpaired) electrons. The number of nitrogens with zero attached hydrogens (tertiary/aromatic N) is 6. The molecule has 0 saturated carbocycles. The van der Waals surface area contributed by atoms with Crippen molar-refractivity contribution in [3.05, 3.63) is 136 Å². The number of hydrogen-bond donors (Lipinski definition) is 3. The quantitative estimate of drug-likeness (QED) is 0.0965. The van der Waals surface area contributed by atoms with Gasteiger partial charge in [0.05, 0.1) is 20.3 Å². The summed E-state index contributed by atoms with van der Waals surface area (Å²) in [6.07, 6.45) is 3.69. The van der Waals surface area contributed by atoms with Crippen LogP contribution in [0.15, 0.2) is 78.9 Å². The molecular weight excluding hydrogens is 905 g/mol. The number of ketones is 1. The molecule has 0 unspecified atom stereocenters. The van der Waals surface area contributed by atoms with Crippen LogP contribution in [0, 0.1) is 16.2 Å². The molecule has 0 aromatic heterocycles. The molecule has 5 aromatic rings. The Kier molecular flexibility index (Phi) is 11.1. The molecule has 0 amide bonds. The highest BCUT2D eigenvalue weighted by Gasteiger charge is 2.37. The number of phenols is 3. The van der Waals surface area contributed by atoms with Crippen LogP contribution in [-0.4, -0.2) is 46.4 Å². The van der Waals surface area contributed by atoms with E-state index in [4.69, 9.17) is 12.5 Å². The van der Waals surface area contributed by atoms with Gasteiger partial charge in [-0.15, -0.1) is 0 Å². The normalized spacial score (nSPS) is 14.3. The van der Waals surface area contributed by atoms with Crippen molar-refractivity contribution >= 4 is 86.1 Å². The average Bonchev–Trinajstić information content (AvgIpc) is 3.30. The van der Waals surface area contributed by atoms with Crippen LogP contribution in [0.2, 0.25) is 0 Å². The predicted octanol–water partition coefficient (Wildman–Crippen LogP) is 3.76. The van der Waals surface area contributed by atoms with Crippen molar-refractivity contribution in [1.82, 2.24) is 0 Å². The second kappa shape index (κ2) is 16.5. The van der Waals surface area contributed by atoms with E-state index in [2.05, 4.69) is 14.9 Å². The number of rotatable bonds is 11. The largest absolute Gasteiger partial charge is 0.501 e. The molecular formula is C43H31N6O13S3+3. The van der Waals surface area contributed by atoms with Gasteiger partial charge in [-0.3, -0.25) is 4.79 Å². The summed E-state index contributed by atoms with van der Waals surface area (Å²) >= 11 is 0. The first-order chi connectivity index (χ1) is 31.0. The van der Waals surface area contributed by atoms with Crippen molar-refractivity contribution in [2.45, 2.75) is 38.5 Å². The monoisotopic (exact) mass is 935 g/mol. The van der Waals surface area contributed by atoms with Gasteiger partial charge in [0.1, 0.15) is 0 Å². The number of diazo groups is 3. The Labute approximate surface area is 368 Å². The summed E-state index contributed by atoms with van der Waals surface area (Å²) in [5.41, 5.74) is -1.54. The fraction of sp³-hybridized carbons (Fsp3) is 0.140. The lowest BCUT2D eigenvalue weighted by molar-refractivity contribution is 0.103. The fourth-order valence-electron chi connectivity index (χ4n) is 7.79. The van der Waals surface area contributed by atoms with E-state index < -0.39 is 90.9 Å². The van der Waals surface area contributed by atoms with E-state index >= 15 is 0 Å². The molecule has 8 rings (SSSR count). The highest BCUT2D eigenvalue weighted by Crippen LogP contribution is 2.46. The molecule has 19 nitrogen and oxygen atoms in total. The molecule has 0 fully saturated rings. The standard InChI is InChI=1S/C43H28N6O13S3/c44-47-31-19-15-24-27(39(31)51)9-4-12-35(24)63(54,55)60-34-22-18-30(38(50)23-7-2-1-3-8-23)42(61-64(56,57)36-13-5-10-28-25(36)16-20-32(48-45)40(28)52)43(34)62-65(58,59)37-14-6-11-29-26(37)17-21-33(49-46)41(29)53/h1-3,7-11,15-22H,4-6,12-14H2/p+3. The summed E-state index contributed by atoms with van der Waals surface area (Å²) in [7, 11) is -15.5. The zero-order valence-corrected chi connectivity index (χ0v) is 35.8. The van der Waals surface area contributed by atoms with Crippen LogP contribution < -0.4 is 43.9 Å². The number of benzene rings is 5. The maximum atomic E-state index is 14.6. The average molecular weight is 936 g/mol. The molecule has 22 heteroatoms. The highest BCUT2D eigenvalue weighted by atomic mass is 32.2. The van der Waals surface area contributed by atoms with Gasteiger partial charge in [-0.2, -0.15) is 25.3 Å². The van der Waals surface area contributed by atoms with Gasteiger partial charge in [0.2, 0.25) is 44.9 Å². The van der Waals surface area contributed by atoms with Crippen molar-refractivity contribution < 1.29 is 57.9 Å². The van der Waals surface area contributed by atoms with Crippen LogP contribution in [-0.2, 0) is 30.4 Å². The van der Waals surface area contributed by atoms with Crippen LogP contribution in [0.4, 0.5) is 17.1 Å². The van der Waals surface area contributed by atoms with Gasteiger partial charge in [0, 0.05) is 55.1 Å². The minimum Gasteiger partial charge on any atom is -0.501 e. The van der Waals surface area contributed by atoms with Gasteiger partial charge in [-0.05, 0) is 68.9 Å². The van der Waals surface area contributed by atoms with Crippen LogP contribution in [0.1, 0.15) is 54.4 Å². The van der Waals surface area contributed by atoms with Crippen LogP contribution in [0.5, 0.6) is 34.5 Å². The van der Waals surface area contributed by atoms with E-state index in [1.54, 1.807) is 6.07 Å². The molecule has 65 heavy (non-hydrogen) atoms. The van der Waals surface area contributed by atoms with E-state index in [1.807, 2.05) is 0 Å². The minimum atomic E-state index is -5.25. The molecule has 0 heterocycles. The second-order valence-corrected chi connectivity index (χ2v) is 19.3. The van der Waals surface area contributed by atoms with Crippen molar-refractivity contribution in [1.29, 1.82) is 16.2 Å². The molecule has 326 valence electrons. The Bertz CT molecular complexity index is 3840. The number of hydrogen-bond acceptors (Lipinski definition) is 16. The number of carbonyl (C=O) groups excluding carboxylic acids is 1. The first-order valence-corrected chi connectivity index (χ1v) is 23.6. The summed E-state index contributed by atoms with van der Waals surface area (Å²) in [5, 5.41) is 60.1. The van der Waals surface area contributed by atoms with Crippen LogP contribution in [0.3, 0.4) is 0 Å². The van der Waals surface area contributed by atoms with E-state index in [0.717, 1.165) is 30.3 Å². The van der Waals surface area contributed by atoms with Gasteiger partial charge in [-0.25, -0.2) is 0 Å². The van der Waals surface area contributed by atoms with E-state index in [-0.39, 0.29) is 92.5 Å². The molecule has 3 aliphatic rings. The third-order valence-corrected chi connectivity index (χ3v) is 15.1. The van der Waals surface area contributed by atoms with Gasteiger partial charge in [0.25, 0.3) is 0 Å². The fourth-order valence-corrected chi connectivity index (χ4v) is 11.7. The van der Waals surface area contributed by atoms with Gasteiger partial charge in [0.15, 0.2) is 26.5 Å². The third kappa shape index (κ3) is 7.73. The Hall–Kier alpha value is -8.10. The number of aromatic hydroxyl groups is 3. The van der Waals surface area contributed by atoms with Crippen LogP contribution >= 0.6 is 0 Å². The Morgan fingerprint density at radius 2 is 0.877 bits per heavy atom. The molecule has 3 N–H and O–H groups in total. The zero-order chi connectivity index (χ0) is 46.4. The summed E-state index contributed by atoms with van der Waals surface area (Å²) in [4.78, 5) is 21.9. The summed E-state index contributed by atoms with van der Waals surface area (Å²) < 4.78 is 104. The van der Waals surface area contributed by atoms with E-state index in [0.29, 0.717) is 0 Å². The van der Waals surface area contributed by atoms with Crippen molar-refractivity contribution in [3.63, 3.8) is 0 Å². The zero-order valence-electron chi connectivity index (χ0n) is 33.3. The topological polar surface area (TPSA) is 292 Å². The number of carbonyl (C=O) groups is 1. The second-order valence-electron chi connectivity index (χ2n) is 14.6. The maximum Gasteiger partial charge on any atom is 0.426 e. The van der Waals surface area contributed by atoms with Crippen LogP contribution in [0.25, 0.3) is 47.9 Å². The molecule has 3 aliphatic carbocycles. The van der Waals surface area contributed by atoms with Crippen molar-refractivity contribution in [2.75, 3.05) is 0 Å². The Morgan fingerprint density at radius 1 is 0.492 bits per heavy atom. The van der Waals surface area contributed by atoms with Crippen molar-refractivity contribution in [2.24, 2.45) is 0 Å². The molecule has 5 aromatic carbocycles. The molecule has 0 spiro atoms. The maximum absolute atomic E-state index is 14.6. The number of fused-ring (bicyclic) bond motifs is 3. The van der Waals surface area contributed by atoms with Gasteiger partial charge < -0.3 is 27.9 Å². The molecule has 0 bridgehead atoms. The predicted molar refractivity (Wildman–Crippen MR) is 233 cm³/mol. The Morgan fingerprint density at radius 3 is 1.28 bits per heavy atom. The first kappa shape index (κ1) is 43.5. The lowest BCUT2D eigenvalue weighted by Gasteiger charge is -2.21. The van der Waals surface area contributed by atoms with E-state index in [9.17, 15) is 61.5 Å². The summed E-state index contributed by atoms with van der Waals surface area (Å²) in [6.45, 7) is 0. The van der Waals surface area contributed by atoms with Gasteiger partial charge in [-0.1, -0.05) is 48.6 Å². The first-order valence-electron chi connectivity index (χ1n) is 19.3. The van der Waals surface area contributed by atoms with Crippen molar-refractivity contribution in [3.8, 4) is 34.5 Å². The summed E-state index contributed by atoms with van der Waals surface area (Å²) in [5.74, 6) is -5.97. The third-order valence-electron chi connectivity index (χ3n) is 10.8. The number of phenolic OH excluding ortho intramolecular Hbond substituents is 3. The SMILES string of the molecule is N#[N+]c1ccc2c(c1O)=CCCC=2S(=O)(=O)Oc1ccc(C(=O)c2ccccc2)c(OS(=O)(=O)C2=c3ccc([N+]#N)c(O)c3=CCC2)c1OS(=O)(=O)C1=c2ccc([N+]#N)c(O)c2=CCC1. The molecule has 0 aliphatic heterocycles. The highest BCUT2D eigenvalue weighted by molar-refractivity contribution is 7.97. The molecule has 0 saturated heterocycles. The lowest BCUT2D eigenvalue weighted by Crippen LogP contribution is -2.34.